The number of rotatable bonds is 12. The number of halogens is 2. The van der Waals surface area contributed by atoms with Crippen LogP contribution in [0, 0.1) is 10.8 Å². The zero-order valence-electron chi connectivity index (χ0n) is 35.8. The second-order valence-electron chi connectivity index (χ2n) is 17.3. The first kappa shape index (κ1) is 47.1. The van der Waals surface area contributed by atoms with E-state index in [1.165, 1.54) is 76.6 Å². The number of benzene rings is 2. The molecule has 2 N–H and O–H groups in total. The van der Waals surface area contributed by atoms with Crippen LogP contribution >= 0.6 is 18.9 Å². The Morgan fingerprint density at radius 3 is 2.17 bits per heavy atom. The molecule has 2 aromatic carbocycles. The van der Waals surface area contributed by atoms with Crippen LogP contribution in [0.15, 0.2) is 54.7 Å². The summed E-state index contributed by atoms with van der Waals surface area (Å²) in [4.78, 5) is 82.3. The fourth-order valence-corrected chi connectivity index (χ4v) is 9.16. The normalized spacial score (nSPS) is 18.7. The first-order chi connectivity index (χ1) is 29.5. The summed E-state index contributed by atoms with van der Waals surface area (Å²) < 4.78 is 66.7. The van der Waals surface area contributed by atoms with Crippen molar-refractivity contribution in [3.05, 3.63) is 65.2 Å². The topological polar surface area (TPSA) is 213 Å². The van der Waals surface area contributed by atoms with E-state index in [9.17, 15) is 33.3 Å². The van der Waals surface area contributed by atoms with E-state index in [1.54, 1.807) is 24.3 Å². The molecule has 0 aliphatic carbocycles. The van der Waals surface area contributed by atoms with Gasteiger partial charge in [0, 0.05) is 47.4 Å². The summed E-state index contributed by atoms with van der Waals surface area (Å²) in [5, 5.41) is 14.4. The van der Waals surface area contributed by atoms with E-state index in [4.69, 9.17) is 18.5 Å². The molecule has 0 saturated carbocycles. The number of ether oxygens (including phenoxy) is 2. The van der Waals surface area contributed by atoms with Gasteiger partial charge in [-0.15, -0.1) is 11.3 Å². The third-order valence-corrected chi connectivity index (χ3v) is 13.5. The average molecular weight is 915 g/mol. The van der Waals surface area contributed by atoms with E-state index < -0.39 is 91.0 Å². The highest BCUT2D eigenvalue weighted by atomic mass is 32.1. The van der Waals surface area contributed by atoms with Gasteiger partial charge in [-0.05, 0) is 109 Å². The maximum Gasteiger partial charge on any atom is 0.410 e. The third-order valence-electron chi connectivity index (χ3n) is 10.5. The first-order valence-electron chi connectivity index (χ1n) is 20.0. The van der Waals surface area contributed by atoms with Crippen LogP contribution in [-0.2, 0) is 52.7 Å². The summed E-state index contributed by atoms with van der Waals surface area (Å²) in [6, 6.07) is 8.84. The van der Waals surface area contributed by atoms with Crippen molar-refractivity contribution in [3.63, 3.8) is 0 Å². The second kappa shape index (κ2) is 18.3. The van der Waals surface area contributed by atoms with Gasteiger partial charge in [0.15, 0.2) is 0 Å². The minimum absolute atomic E-state index is 0.0156. The summed E-state index contributed by atoms with van der Waals surface area (Å²) in [5.41, 5.74) is -6.24. The van der Waals surface area contributed by atoms with Gasteiger partial charge >= 0.3 is 25.2 Å². The Kier molecular flexibility index (Phi) is 13.7. The predicted octanol–water partition coefficient (Wildman–Crippen LogP) is 6.56. The van der Waals surface area contributed by atoms with Crippen LogP contribution in [0.4, 0.5) is 14.5 Å². The Morgan fingerprint density at radius 1 is 0.873 bits per heavy atom. The van der Waals surface area contributed by atoms with Crippen molar-refractivity contribution in [2.75, 3.05) is 32.0 Å². The molecule has 4 heterocycles. The van der Waals surface area contributed by atoms with Gasteiger partial charge in [-0.1, -0.05) is 6.07 Å². The number of alkyl halides is 2. The maximum absolute atomic E-state index is 16.3. The lowest BCUT2D eigenvalue weighted by Gasteiger charge is -2.38. The molecule has 3 atom stereocenters. The van der Waals surface area contributed by atoms with E-state index in [0.717, 1.165) is 28.9 Å². The minimum Gasteiger partial charge on any atom is -0.438 e. The number of aromatic nitrogens is 2. The van der Waals surface area contributed by atoms with Crippen LogP contribution in [0.1, 0.15) is 83.0 Å². The predicted molar refractivity (Wildman–Crippen MR) is 226 cm³/mol. The van der Waals surface area contributed by atoms with Gasteiger partial charge in [-0.2, -0.15) is 19.0 Å². The Morgan fingerprint density at radius 2 is 1.54 bits per heavy atom. The van der Waals surface area contributed by atoms with E-state index in [1.807, 2.05) is 0 Å². The van der Waals surface area contributed by atoms with Crippen LogP contribution in [0.2, 0.25) is 0 Å². The van der Waals surface area contributed by atoms with Crippen LogP contribution in [0.5, 0.6) is 0 Å². The minimum atomic E-state index is -5.63. The molecular weight excluding hydrogens is 866 g/mol. The molecule has 4 amide bonds. The van der Waals surface area contributed by atoms with Crippen molar-refractivity contribution < 1.29 is 60.6 Å². The maximum atomic E-state index is 16.3. The number of esters is 2. The van der Waals surface area contributed by atoms with Gasteiger partial charge in [-0.25, -0.2) is 0 Å². The Bertz CT molecular complexity index is 2450. The van der Waals surface area contributed by atoms with Crippen molar-refractivity contribution in [1.29, 1.82) is 0 Å². The van der Waals surface area contributed by atoms with Gasteiger partial charge in [0.2, 0.25) is 31.3 Å². The number of hydrogen-bond acceptors (Lipinski definition) is 14. The van der Waals surface area contributed by atoms with Crippen LogP contribution in [-0.4, -0.2) is 100 Å². The smallest absolute Gasteiger partial charge is 0.410 e. The van der Waals surface area contributed by atoms with Crippen LogP contribution in [0.25, 0.3) is 21.0 Å². The molecule has 21 heteroatoms. The molecule has 0 bridgehead atoms. The lowest BCUT2D eigenvalue weighted by molar-refractivity contribution is -0.163. The monoisotopic (exact) mass is 914 g/mol. The molecule has 2 aliphatic heterocycles. The lowest BCUT2D eigenvalue weighted by Crippen LogP contribution is -2.60. The van der Waals surface area contributed by atoms with Gasteiger partial charge in [-0.3, -0.25) is 42.4 Å². The average Bonchev–Trinajstić information content (AvgIpc) is 3.84. The van der Waals surface area contributed by atoms with E-state index >= 15 is 8.78 Å². The molecule has 17 nitrogen and oxygen atoms in total. The molecule has 4 aromatic rings. The second-order valence-corrected chi connectivity index (χ2v) is 20.5. The molecule has 63 heavy (non-hydrogen) atoms. The third kappa shape index (κ3) is 10.5. The fourth-order valence-electron chi connectivity index (χ4n) is 6.98. The zero-order valence-corrected chi connectivity index (χ0v) is 37.5. The van der Waals surface area contributed by atoms with Crippen molar-refractivity contribution in [1.82, 2.24) is 25.3 Å². The summed E-state index contributed by atoms with van der Waals surface area (Å²) in [6.07, 6.45) is 2.78. The quantitative estimate of drug-likeness (QED) is 0.0877. The summed E-state index contributed by atoms with van der Waals surface area (Å²) >= 11 is 0.923. The number of nitrogens with one attached hydrogen (secondary N) is 2. The summed E-state index contributed by atoms with van der Waals surface area (Å²) in [7, 11) is -5.63. The van der Waals surface area contributed by atoms with Crippen molar-refractivity contribution in [2.24, 2.45) is 10.8 Å². The molecular formula is C42H49F2N6O11PS. The van der Waals surface area contributed by atoms with Crippen molar-refractivity contribution in [3.8, 4) is 0 Å². The van der Waals surface area contributed by atoms with Gasteiger partial charge in [0.1, 0.15) is 12.1 Å². The number of fused-ring (bicyclic) bond motifs is 3. The van der Waals surface area contributed by atoms with Gasteiger partial charge in [0.05, 0.1) is 27.4 Å². The van der Waals surface area contributed by atoms with Crippen LogP contribution in [0.3, 0.4) is 0 Å². The molecule has 0 spiro atoms. The van der Waals surface area contributed by atoms with E-state index in [0.29, 0.717) is 35.2 Å². The highest BCUT2D eigenvalue weighted by molar-refractivity contribution is 7.54. The SMILES string of the molecule is CC(=O)N1CC[C@H]2CC[C@@H](C(=O)Nc3ccc4nnccc4c3)N2C(=O)[C@@H](NC(=O)c2cc3cc(C(F)(F)P(=O)(OCOC(=O)C(C)(C)C)OCOC(=O)C(C)(C)C)ccc3s2)C1. The number of nitrogens with zero attached hydrogens (tertiary/aromatic N) is 4. The lowest BCUT2D eigenvalue weighted by atomic mass is 9.98. The zero-order chi connectivity index (χ0) is 46.1. The molecule has 2 saturated heterocycles. The van der Waals surface area contributed by atoms with Crippen LogP contribution < -0.4 is 10.6 Å². The molecule has 2 aromatic heterocycles. The van der Waals surface area contributed by atoms with Crippen molar-refractivity contribution >= 4 is 81.2 Å². The molecule has 0 radical (unpaired) electrons. The number of carbonyl (C=O) groups is 6. The number of thiophene rings is 1. The molecule has 6 rings (SSSR count). The summed E-state index contributed by atoms with van der Waals surface area (Å²) in [6.45, 7) is 8.16. The van der Waals surface area contributed by atoms with E-state index in [-0.39, 0.29) is 29.3 Å². The van der Waals surface area contributed by atoms with Crippen molar-refractivity contribution in [2.45, 2.75) is 91.5 Å². The summed E-state index contributed by atoms with van der Waals surface area (Å²) in [5.74, 6) is -3.72. The molecule has 338 valence electrons. The fraction of sp³-hybridized carbons (Fsp3) is 0.476. The highest BCUT2D eigenvalue weighted by Gasteiger charge is 2.56. The molecule has 2 fully saturated rings. The standard InChI is InChI=1S/C42H49F2N6O11PS/c1-24(51)49-17-15-29-10-12-32(35(52)46-28-9-11-30-25(19-28)14-16-45-48-30)50(29)37(54)31(21-49)47-36(53)34-20-26-18-27(8-13-33(26)63-34)42(43,44)62(57,60-22-58-38(55)40(2,3)4)61-23-59-39(56)41(5,6)7/h8-9,11,13-14,16,18-20,29,31-32H,10,12,15,17,21-23H2,1-7H3,(H,46,52)(H,47,53)/t29-,31+,32+/m1/s1. The Balaban J connectivity index is 1.22. The van der Waals surface area contributed by atoms with Gasteiger partial charge < -0.3 is 29.9 Å². The number of hydrogen-bond donors (Lipinski definition) is 2. The number of anilines is 1. The Labute approximate surface area is 365 Å². The largest absolute Gasteiger partial charge is 0.438 e. The molecule has 2 aliphatic rings. The molecule has 0 unspecified atom stereocenters. The first-order valence-corrected chi connectivity index (χ1v) is 22.4. The highest BCUT2D eigenvalue weighted by Crippen LogP contribution is 2.67. The van der Waals surface area contributed by atoms with Gasteiger partial charge in [0.25, 0.3) is 5.91 Å². The Hall–Kier alpha value is -5.43. The number of amides is 4. The van der Waals surface area contributed by atoms with E-state index in [2.05, 4.69) is 20.8 Å². The number of carbonyl (C=O) groups excluding carboxylic acids is 6.